The number of ether oxygens (including phenoxy) is 2. The normalized spacial score (nSPS) is 14.9. The van der Waals surface area contributed by atoms with Crippen LogP contribution >= 0.6 is 0 Å². The molecule has 0 aromatic heterocycles. The second kappa shape index (κ2) is 9.53. The number of methoxy groups -OCH3 is 1. The van der Waals surface area contributed by atoms with E-state index >= 15 is 0 Å². The van der Waals surface area contributed by atoms with Crippen LogP contribution in [0, 0.1) is 11.6 Å². The van der Waals surface area contributed by atoms with Crippen molar-refractivity contribution in [3.63, 3.8) is 0 Å². The summed E-state index contributed by atoms with van der Waals surface area (Å²) in [6, 6.07) is 14.4. The molecule has 4 amide bonds. The first-order chi connectivity index (χ1) is 16.4. The number of barbiturate groups is 1. The Bertz CT molecular complexity index is 1290. The third-order valence-corrected chi connectivity index (χ3v) is 4.99. The molecule has 34 heavy (non-hydrogen) atoms. The number of halogens is 2. The Morgan fingerprint density at radius 2 is 1.53 bits per heavy atom. The van der Waals surface area contributed by atoms with Gasteiger partial charge in [0.15, 0.2) is 11.5 Å². The van der Waals surface area contributed by atoms with Crippen LogP contribution in [0.2, 0.25) is 0 Å². The lowest BCUT2D eigenvalue weighted by Crippen LogP contribution is -2.54. The number of benzene rings is 3. The number of anilines is 1. The molecule has 0 atom stereocenters. The average molecular weight is 464 g/mol. The minimum atomic E-state index is -0.930. The Kier molecular flexibility index (Phi) is 6.35. The average Bonchev–Trinajstić information content (AvgIpc) is 2.83. The van der Waals surface area contributed by atoms with Gasteiger partial charge in [-0.05, 0) is 65.7 Å². The van der Waals surface area contributed by atoms with Crippen molar-refractivity contribution in [2.45, 2.75) is 6.61 Å². The number of amides is 4. The fourth-order valence-corrected chi connectivity index (χ4v) is 3.28. The lowest BCUT2D eigenvalue weighted by atomic mass is 10.1. The van der Waals surface area contributed by atoms with Crippen LogP contribution in [-0.4, -0.2) is 25.0 Å². The number of nitrogens with one attached hydrogen (secondary N) is 1. The predicted molar refractivity (Wildman–Crippen MR) is 119 cm³/mol. The first kappa shape index (κ1) is 22.7. The van der Waals surface area contributed by atoms with Crippen LogP contribution in [0.4, 0.5) is 19.3 Å². The lowest BCUT2D eigenvalue weighted by Gasteiger charge is -2.26. The number of hydrogen-bond acceptors (Lipinski definition) is 5. The van der Waals surface area contributed by atoms with E-state index < -0.39 is 23.7 Å². The molecule has 1 fully saturated rings. The molecule has 0 radical (unpaired) electrons. The Labute approximate surface area is 193 Å². The van der Waals surface area contributed by atoms with Gasteiger partial charge in [0.05, 0.1) is 12.8 Å². The van der Waals surface area contributed by atoms with Gasteiger partial charge in [0.2, 0.25) is 0 Å². The van der Waals surface area contributed by atoms with Crippen molar-refractivity contribution in [3.8, 4) is 11.5 Å². The largest absolute Gasteiger partial charge is 0.493 e. The Morgan fingerprint density at radius 3 is 2.18 bits per heavy atom. The van der Waals surface area contributed by atoms with Crippen LogP contribution in [-0.2, 0) is 16.2 Å². The third-order valence-electron chi connectivity index (χ3n) is 4.99. The maximum absolute atomic E-state index is 13.2. The Hall–Kier alpha value is -4.53. The van der Waals surface area contributed by atoms with Crippen molar-refractivity contribution in [2.75, 3.05) is 12.0 Å². The Morgan fingerprint density at radius 1 is 0.882 bits per heavy atom. The van der Waals surface area contributed by atoms with Gasteiger partial charge in [0, 0.05) is 0 Å². The van der Waals surface area contributed by atoms with Crippen molar-refractivity contribution in [1.29, 1.82) is 0 Å². The van der Waals surface area contributed by atoms with E-state index in [4.69, 9.17) is 9.47 Å². The number of carbonyl (C=O) groups excluding carboxylic acids is 3. The number of hydrogen-bond donors (Lipinski definition) is 1. The maximum atomic E-state index is 13.2. The highest BCUT2D eigenvalue weighted by molar-refractivity contribution is 6.39. The molecule has 1 aliphatic rings. The van der Waals surface area contributed by atoms with Crippen molar-refractivity contribution in [2.24, 2.45) is 0 Å². The van der Waals surface area contributed by atoms with Crippen LogP contribution in [0.25, 0.3) is 6.08 Å². The molecule has 7 nitrogen and oxygen atoms in total. The second-order valence-electron chi connectivity index (χ2n) is 7.26. The summed E-state index contributed by atoms with van der Waals surface area (Å²) in [4.78, 5) is 38.3. The summed E-state index contributed by atoms with van der Waals surface area (Å²) < 4.78 is 37.4. The molecule has 0 saturated carbocycles. The third kappa shape index (κ3) is 4.78. The molecular weight excluding hydrogens is 446 g/mol. The smallest absolute Gasteiger partial charge is 0.335 e. The van der Waals surface area contributed by atoms with Crippen LogP contribution in [0.15, 0.2) is 72.3 Å². The van der Waals surface area contributed by atoms with Gasteiger partial charge in [-0.1, -0.05) is 18.2 Å². The van der Waals surface area contributed by atoms with Gasteiger partial charge >= 0.3 is 6.03 Å². The zero-order chi connectivity index (χ0) is 24.2. The quantitative estimate of drug-likeness (QED) is 0.436. The van der Waals surface area contributed by atoms with Crippen molar-refractivity contribution >= 4 is 29.6 Å². The first-order valence-corrected chi connectivity index (χ1v) is 10.1. The fraction of sp³-hybridized carbons (Fsp3) is 0.0800. The Balaban J connectivity index is 1.58. The molecular formula is C25H18F2N2O5. The topological polar surface area (TPSA) is 84.9 Å². The molecule has 3 aromatic carbocycles. The van der Waals surface area contributed by atoms with Crippen LogP contribution < -0.4 is 19.7 Å². The molecule has 1 N–H and O–H groups in total. The second-order valence-corrected chi connectivity index (χ2v) is 7.26. The van der Waals surface area contributed by atoms with Gasteiger partial charge in [0.25, 0.3) is 11.8 Å². The van der Waals surface area contributed by atoms with E-state index in [1.165, 1.54) is 37.5 Å². The number of urea groups is 1. The molecule has 3 aromatic rings. The summed E-state index contributed by atoms with van der Waals surface area (Å²) in [6.07, 6.45) is 1.31. The van der Waals surface area contributed by atoms with E-state index in [1.807, 2.05) is 0 Å². The van der Waals surface area contributed by atoms with E-state index in [0.717, 1.165) is 22.6 Å². The van der Waals surface area contributed by atoms with Gasteiger partial charge in [-0.3, -0.25) is 14.9 Å². The van der Waals surface area contributed by atoms with Gasteiger partial charge in [-0.15, -0.1) is 0 Å². The summed E-state index contributed by atoms with van der Waals surface area (Å²) in [7, 11) is 1.43. The molecule has 0 bridgehead atoms. The summed E-state index contributed by atoms with van der Waals surface area (Å²) in [6.45, 7) is 0.173. The lowest BCUT2D eigenvalue weighted by molar-refractivity contribution is -0.122. The van der Waals surface area contributed by atoms with Crippen LogP contribution in [0.1, 0.15) is 11.1 Å². The maximum Gasteiger partial charge on any atom is 0.335 e. The van der Waals surface area contributed by atoms with Gasteiger partial charge in [-0.25, -0.2) is 18.5 Å². The molecule has 1 aliphatic heterocycles. The summed E-state index contributed by atoms with van der Waals surface area (Å²) in [5.41, 5.74) is 1.03. The minimum absolute atomic E-state index is 0.115. The minimum Gasteiger partial charge on any atom is -0.493 e. The van der Waals surface area contributed by atoms with Gasteiger partial charge in [-0.2, -0.15) is 0 Å². The van der Waals surface area contributed by atoms with Crippen LogP contribution in [0.5, 0.6) is 11.5 Å². The van der Waals surface area contributed by atoms with Crippen molar-refractivity contribution < 1.29 is 32.6 Å². The number of carbonyl (C=O) groups is 3. The number of nitrogens with zero attached hydrogens (tertiary/aromatic N) is 1. The van der Waals surface area contributed by atoms with Crippen molar-refractivity contribution in [1.82, 2.24) is 5.32 Å². The highest BCUT2D eigenvalue weighted by Gasteiger charge is 2.36. The molecule has 9 heteroatoms. The van der Waals surface area contributed by atoms with Crippen LogP contribution in [0.3, 0.4) is 0 Å². The number of rotatable bonds is 6. The highest BCUT2D eigenvalue weighted by Crippen LogP contribution is 2.30. The van der Waals surface area contributed by atoms with E-state index in [0.29, 0.717) is 17.1 Å². The first-order valence-electron chi connectivity index (χ1n) is 10.1. The predicted octanol–water partition coefficient (Wildman–Crippen LogP) is 4.22. The molecule has 0 spiro atoms. The number of imide groups is 2. The van der Waals surface area contributed by atoms with Crippen molar-refractivity contribution in [3.05, 3.63) is 95.1 Å². The van der Waals surface area contributed by atoms with E-state index in [1.54, 1.807) is 30.3 Å². The van der Waals surface area contributed by atoms with E-state index in [-0.39, 0.29) is 23.7 Å². The van der Waals surface area contributed by atoms with Gasteiger partial charge < -0.3 is 9.47 Å². The summed E-state index contributed by atoms with van der Waals surface area (Å²) >= 11 is 0. The molecule has 0 unspecified atom stereocenters. The SMILES string of the molecule is COc1cc(/C=C2\C(=O)NC(=O)N(c3ccc(F)cc3)C2=O)ccc1OCc1ccc(F)cc1. The highest BCUT2D eigenvalue weighted by atomic mass is 19.1. The zero-order valence-corrected chi connectivity index (χ0v) is 17.9. The zero-order valence-electron chi connectivity index (χ0n) is 17.9. The summed E-state index contributed by atoms with van der Waals surface area (Å²) in [5, 5.41) is 2.11. The summed E-state index contributed by atoms with van der Waals surface area (Å²) in [5.74, 6) is -1.85. The molecule has 1 saturated heterocycles. The monoisotopic (exact) mass is 464 g/mol. The fourth-order valence-electron chi connectivity index (χ4n) is 3.28. The van der Waals surface area contributed by atoms with Gasteiger partial charge in [0.1, 0.15) is 23.8 Å². The molecule has 1 heterocycles. The molecule has 4 rings (SSSR count). The van der Waals surface area contributed by atoms with E-state index in [9.17, 15) is 23.2 Å². The molecule has 0 aliphatic carbocycles. The van der Waals surface area contributed by atoms with E-state index in [2.05, 4.69) is 5.32 Å². The molecule has 172 valence electrons. The standard InChI is InChI=1S/C25H18F2N2O5/c1-33-22-13-16(4-11-21(22)34-14-15-2-5-17(26)6-3-15)12-20-23(30)28-25(32)29(24(20)31)19-9-7-18(27)8-10-19/h2-13H,14H2,1H3,(H,28,30,32)/b20-12+.